The fourth-order valence-electron chi connectivity index (χ4n) is 1.78. The summed E-state index contributed by atoms with van der Waals surface area (Å²) in [6, 6.07) is 2.47. The van der Waals surface area contributed by atoms with Crippen LogP contribution in [-0.4, -0.2) is 11.5 Å². The quantitative estimate of drug-likeness (QED) is 0.513. The SMILES string of the molecule is O=[N+]([O-])c1cc(I)c(F)cc1NCC1CCC1. The Balaban J connectivity index is 2.17. The van der Waals surface area contributed by atoms with Crippen molar-refractivity contribution in [2.24, 2.45) is 5.92 Å². The summed E-state index contributed by atoms with van der Waals surface area (Å²) in [6.45, 7) is 0.681. The number of hydrogen-bond acceptors (Lipinski definition) is 3. The fraction of sp³-hybridized carbons (Fsp3) is 0.455. The molecule has 0 amide bonds. The van der Waals surface area contributed by atoms with E-state index in [0.717, 1.165) is 12.8 Å². The van der Waals surface area contributed by atoms with E-state index < -0.39 is 10.7 Å². The van der Waals surface area contributed by atoms with E-state index in [9.17, 15) is 14.5 Å². The van der Waals surface area contributed by atoms with Gasteiger partial charge < -0.3 is 5.32 Å². The van der Waals surface area contributed by atoms with Crippen LogP contribution in [0.2, 0.25) is 0 Å². The first-order valence-electron chi connectivity index (χ1n) is 5.45. The Morgan fingerprint density at radius 1 is 1.53 bits per heavy atom. The predicted molar refractivity (Wildman–Crippen MR) is 71.6 cm³/mol. The van der Waals surface area contributed by atoms with Crippen LogP contribution < -0.4 is 5.32 Å². The Kier molecular flexibility index (Phi) is 3.80. The van der Waals surface area contributed by atoms with Gasteiger partial charge in [0.05, 0.1) is 8.49 Å². The number of nitro groups is 1. The van der Waals surface area contributed by atoms with E-state index in [0.29, 0.717) is 12.5 Å². The van der Waals surface area contributed by atoms with Crippen LogP contribution in [0.25, 0.3) is 0 Å². The Labute approximate surface area is 112 Å². The maximum Gasteiger partial charge on any atom is 0.293 e. The van der Waals surface area contributed by atoms with Crippen LogP contribution in [-0.2, 0) is 0 Å². The summed E-state index contributed by atoms with van der Waals surface area (Å²) in [7, 11) is 0. The van der Waals surface area contributed by atoms with Crippen LogP contribution in [0.1, 0.15) is 19.3 Å². The lowest BCUT2D eigenvalue weighted by Gasteiger charge is -2.25. The standard InChI is InChI=1S/C11H12FIN2O2/c12-8-4-10(14-6-7-2-1-3-7)11(15(16)17)5-9(8)13/h4-5,7,14H,1-3,6H2. The maximum atomic E-state index is 13.4. The molecule has 1 fully saturated rings. The molecule has 1 aromatic carbocycles. The molecule has 0 aliphatic heterocycles. The topological polar surface area (TPSA) is 55.2 Å². The molecule has 0 aromatic heterocycles. The monoisotopic (exact) mass is 350 g/mol. The highest BCUT2D eigenvalue weighted by Crippen LogP contribution is 2.31. The van der Waals surface area contributed by atoms with Gasteiger partial charge in [0.2, 0.25) is 0 Å². The molecule has 1 aliphatic carbocycles. The van der Waals surface area contributed by atoms with Crippen molar-refractivity contribution in [2.45, 2.75) is 19.3 Å². The molecule has 1 saturated carbocycles. The van der Waals surface area contributed by atoms with Crippen LogP contribution in [0, 0.1) is 25.4 Å². The third kappa shape index (κ3) is 2.85. The van der Waals surface area contributed by atoms with Crippen molar-refractivity contribution in [3.63, 3.8) is 0 Å². The lowest BCUT2D eigenvalue weighted by molar-refractivity contribution is -0.384. The maximum absolute atomic E-state index is 13.4. The molecule has 92 valence electrons. The van der Waals surface area contributed by atoms with Crippen molar-refractivity contribution in [1.82, 2.24) is 0 Å². The van der Waals surface area contributed by atoms with Crippen molar-refractivity contribution in [3.05, 3.63) is 31.6 Å². The highest BCUT2D eigenvalue weighted by molar-refractivity contribution is 14.1. The summed E-state index contributed by atoms with van der Waals surface area (Å²) >= 11 is 1.75. The second kappa shape index (κ2) is 5.16. The number of halogens is 2. The van der Waals surface area contributed by atoms with Gasteiger partial charge in [0.15, 0.2) is 0 Å². The molecular weight excluding hydrogens is 338 g/mol. The largest absolute Gasteiger partial charge is 0.379 e. The van der Waals surface area contributed by atoms with Gasteiger partial charge in [-0.2, -0.15) is 0 Å². The Bertz CT molecular complexity index is 449. The van der Waals surface area contributed by atoms with Gasteiger partial charge in [-0.1, -0.05) is 6.42 Å². The minimum absolute atomic E-state index is 0.0601. The Hall–Kier alpha value is -0.920. The molecule has 0 spiro atoms. The summed E-state index contributed by atoms with van der Waals surface area (Å²) in [4.78, 5) is 10.4. The summed E-state index contributed by atoms with van der Waals surface area (Å²) in [5.41, 5.74) is 0.218. The normalized spacial score (nSPS) is 15.4. The number of nitro benzene ring substituents is 1. The first-order valence-corrected chi connectivity index (χ1v) is 6.53. The van der Waals surface area contributed by atoms with Gasteiger partial charge in [0, 0.05) is 18.7 Å². The zero-order chi connectivity index (χ0) is 12.4. The van der Waals surface area contributed by atoms with Crippen molar-refractivity contribution in [2.75, 3.05) is 11.9 Å². The fourth-order valence-corrected chi connectivity index (χ4v) is 2.23. The third-order valence-electron chi connectivity index (χ3n) is 3.04. The van der Waals surface area contributed by atoms with Crippen LogP contribution >= 0.6 is 22.6 Å². The van der Waals surface area contributed by atoms with Gasteiger partial charge in [0.1, 0.15) is 11.5 Å². The smallest absolute Gasteiger partial charge is 0.293 e. The summed E-state index contributed by atoms with van der Waals surface area (Å²) in [5.74, 6) is 0.143. The van der Waals surface area contributed by atoms with Crippen molar-refractivity contribution in [3.8, 4) is 0 Å². The molecule has 0 atom stereocenters. The van der Waals surface area contributed by atoms with Crippen LogP contribution in [0.4, 0.5) is 15.8 Å². The third-order valence-corrected chi connectivity index (χ3v) is 3.87. The predicted octanol–water partition coefficient (Wildman–Crippen LogP) is 3.55. The Morgan fingerprint density at radius 3 is 2.76 bits per heavy atom. The highest BCUT2D eigenvalue weighted by atomic mass is 127. The van der Waals surface area contributed by atoms with Gasteiger partial charge >= 0.3 is 0 Å². The molecule has 4 nitrogen and oxygen atoms in total. The van der Waals surface area contributed by atoms with Crippen LogP contribution in [0.3, 0.4) is 0 Å². The van der Waals surface area contributed by atoms with Gasteiger partial charge in [0.25, 0.3) is 5.69 Å². The minimum Gasteiger partial charge on any atom is -0.379 e. The number of hydrogen-bond donors (Lipinski definition) is 1. The average Bonchev–Trinajstić information content (AvgIpc) is 2.20. The lowest BCUT2D eigenvalue weighted by atomic mass is 9.85. The number of nitrogens with one attached hydrogen (secondary N) is 1. The zero-order valence-corrected chi connectivity index (χ0v) is 11.2. The van der Waals surface area contributed by atoms with Gasteiger partial charge in [-0.25, -0.2) is 4.39 Å². The summed E-state index contributed by atoms with van der Waals surface area (Å²) in [6.07, 6.45) is 3.51. The second-order valence-electron chi connectivity index (χ2n) is 4.22. The lowest BCUT2D eigenvalue weighted by Crippen LogP contribution is -2.21. The van der Waals surface area contributed by atoms with Crippen LogP contribution in [0.5, 0.6) is 0 Å². The molecule has 1 aliphatic rings. The van der Waals surface area contributed by atoms with Gasteiger partial charge in [-0.05, 0) is 41.4 Å². The van der Waals surface area contributed by atoms with E-state index in [4.69, 9.17) is 0 Å². The first-order chi connectivity index (χ1) is 8.08. The molecule has 1 N–H and O–H groups in total. The zero-order valence-electron chi connectivity index (χ0n) is 9.08. The average molecular weight is 350 g/mol. The van der Waals surface area contributed by atoms with E-state index >= 15 is 0 Å². The van der Waals surface area contributed by atoms with Crippen LogP contribution in [0.15, 0.2) is 12.1 Å². The van der Waals surface area contributed by atoms with Crippen molar-refractivity contribution >= 4 is 34.0 Å². The molecule has 0 heterocycles. The molecule has 2 rings (SSSR count). The number of rotatable bonds is 4. The molecule has 0 saturated heterocycles. The summed E-state index contributed by atoms with van der Waals surface area (Å²) < 4.78 is 13.6. The van der Waals surface area contributed by atoms with Gasteiger partial charge in [-0.15, -0.1) is 0 Å². The molecule has 17 heavy (non-hydrogen) atoms. The van der Waals surface area contributed by atoms with E-state index in [1.54, 1.807) is 22.6 Å². The first kappa shape index (κ1) is 12.5. The minimum atomic E-state index is -0.481. The number of nitrogens with zero attached hydrogens (tertiary/aromatic N) is 1. The van der Waals surface area contributed by atoms with E-state index in [1.807, 2.05) is 0 Å². The highest BCUT2D eigenvalue weighted by Gasteiger charge is 2.21. The summed E-state index contributed by atoms with van der Waals surface area (Å²) in [5, 5.41) is 13.8. The molecular formula is C11H12FIN2O2. The Morgan fingerprint density at radius 2 is 2.24 bits per heavy atom. The molecule has 6 heteroatoms. The van der Waals surface area contributed by atoms with Gasteiger partial charge in [-0.3, -0.25) is 10.1 Å². The molecule has 0 radical (unpaired) electrons. The van der Waals surface area contributed by atoms with Crippen molar-refractivity contribution in [1.29, 1.82) is 0 Å². The van der Waals surface area contributed by atoms with E-state index in [2.05, 4.69) is 5.32 Å². The van der Waals surface area contributed by atoms with E-state index in [1.165, 1.54) is 18.6 Å². The van der Waals surface area contributed by atoms with E-state index in [-0.39, 0.29) is 14.9 Å². The number of benzene rings is 1. The second-order valence-corrected chi connectivity index (χ2v) is 5.38. The molecule has 1 aromatic rings. The number of anilines is 1. The van der Waals surface area contributed by atoms with Crippen molar-refractivity contribution < 1.29 is 9.31 Å². The molecule has 0 bridgehead atoms. The molecule has 0 unspecified atom stereocenters.